The van der Waals surface area contributed by atoms with Gasteiger partial charge in [-0.2, -0.15) is 8.78 Å². The molecule has 2 aliphatic rings. The zero-order valence-corrected chi connectivity index (χ0v) is 14.8. The third kappa shape index (κ3) is 3.16. The van der Waals surface area contributed by atoms with E-state index < -0.39 is 63.1 Å². The fourth-order valence-corrected chi connectivity index (χ4v) is 4.92. The van der Waals surface area contributed by atoms with Gasteiger partial charge in [0, 0.05) is 24.3 Å². The number of rotatable bonds is 4. The molecule has 1 saturated heterocycles. The van der Waals surface area contributed by atoms with E-state index in [9.17, 15) is 32.5 Å². The van der Waals surface area contributed by atoms with Gasteiger partial charge in [-0.3, -0.25) is 23.6 Å². The maximum atomic E-state index is 12.7. The molecule has 2 aliphatic heterocycles. The molecule has 0 spiro atoms. The third-order valence-corrected chi connectivity index (χ3v) is 5.87. The summed E-state index contributed by atoms with van der Waals surface area (Å²) in [5.74, 6) is -3.30. The summed E-state index contributed by atoms with van der Waals surface area (Å²) in [4.78, 5) is 38.3. The number of halogens is 2. The van der Waals surface area contributed by atoms with E-state index in [0.717, 1.165) is 9.80 Å². The second kappa shape index (κ2) is 7.03. The second-order valence-corrected chi connectivity index (χ2v) is 7.44. The van der Waals surface area contributed by atoms with Gasteiger partial charge in [0.15, 0.2) is 0 Å². The number of para-hydroxylation sites is 1. The molecule has 10 heteroatoms. The van der Waals surface area contributed by atoms with Gasteiger partial charge in [-0.05, 0) is 12.1 Å². The number of β-lactam (4-membered cyclic amide) rings is 1. The van der Waals surface area contributed by atoms with E-state index >= 15 is 0 Å². The maximum Gasteiger partial charge on any atom is 0.352 e. The smallest absolute Gasteiger partial charge is 0.352 e. The largest absolute Gasteiger partial charge is 0.477 e. The summed E-state index contributed by atoms with van der Waals surface area (Å²) in [6.45, 7) is 1.23. The van der Waals surface area contributed by atoms with Gasteiger partial charge in [0.25, 0.3) is 12.0 Å². The van der Waals surface area contributed by atoms with E-state index in [0.29, 0.717) is 11.8 Å². The number of allylic oxidation sites excluding steroid dienone is 1. The van der Waals surface area contributed by atoms with Gasteiger partial charge in [0.2, 0.25) is 5.91 Å². The molecule has 2 heterocycles. The number of nitrogens with zero attached hydrogens (tertiary/aromatic N) is 2. The molecule has 1 N–H and O–H groups in total. The van der Waals surface area contributed by atoms with Crippen LogP contribution in [0.2, 0.25) is 0 Å². The zero-order valence-electron chi connectivity index (χ0n) is 14.0. The van der Waals surface area contributed by atoms with Crippen LogP contribution in [0.15, 0.2) is 53.8 Å². The van der Waals surface area contributed by atoms with Crippen molar-refractivity contribution in [3.05, 3.63) is 53.8 Å². The summed E-state index contributed by atoms with van der Waals surface area (Å²) in [5, 5.41) is 8.28. The Morgan fingerprint density at radius 1 is 1.30 bits per heavy atom. The van der Waals surface area contributed by atoms with Gasteiger partial charge in [-0.1, -0.05) is 18.2 Å². The van der Waals surface area contributed by atoms with E-state index in [4.69, 9.17) is 0 Å². The Kier molecular flexibility index (Phi) is 4.92. The Bertz CT molecular complexity index is 911. The molecule has 142 valence electrons. The summed E-state index contributed by atoms with van der Waals surface area (Å²) in [7, 11) is -1.86. The van der Waals surface area contributed by atoms with Crippen LogP contribution in [0.5, 0.6) is 0 Å². The van der Waals surface area contributed by atoms with Crippen molar-refractivity contribution in [3.63, 3.8) is 0 Å². The number of carbonyl (C=O) groups excluding carboxylic acids is 2. The molecule has 7 nitrogen and oxygen atoms in total. The minimum Gasteiger partial charge on any atom is -0.477 e. The van der Waals surface area contributed by atoms with Crippen LogP contribution in [0.4, 0.5) is 14.5 Å². The Morgan fingerprint density at radius 3 is 2.44 bits per heavy atom. The van der Waals surface area contributed by atoms with Crippen molar-refractivity contribution in [3.8, 4) is 0 Å². The number of aliphatic carboxylic acids is 1. The van der Waals surface area contributed by atoms with E-state index in [1.165, 1.54) is 6.92 Å². The molecule has 0 radical (unpaired) electrons. The van der Waals surface area contributed by atoms with Gasteiger partial charge < -0.3 is 5.11 Å². The number of hydrogen-bond acceptors (Lipinski definition) is 4. The van der Waals surface area contributed by atoms with E-state index in [1.54, 1.807) is 30.3 Å². The van der Waals surface area contributed by atoms with Crippen molar-refractivity contribution in [1.82, 2.24) is 4.90 Å². The van der Waals surface area contributed by atoms with Gasteiger partial charge in [-0.15, -0.1) is 0 Å². The quantitative estimate of drug-likeness (QED) is 0.778. The highest BCUT2D eigenvalue weighted by molar-refractivity contribution is 7.86. The van der Waals surface area contributed by atoms with E-state index in [1.807, 2.05) is 0 Å². The minimum absolute atomic E-state index is 0.304. The molecular formula is C17H14F2N2O5S. The predicted molar refractivity (Wildman–Crippen MR) is 92.0 cm³/mol. The van der Waals surface area contributed by atoms with Crippen LogP contribution in [0.3, 0.4) is 0 Å². The summed E-state index contributed by atoms with van der Waals surface area (Å²) in [6.07, 6.45) is -1.85. The summed E-state index contributed by atoms with van der Waals surface area (Å²) in [5.41, 5.74) is -0.635. The number of anilines is 1. The highest BCUT2D eigenvalue weighted by Gasteiger charge is 2.59. The predicted octanol–water partition coefficient (Wildman–Crippen LogP) is 1.46. The number of carboxylic acid groups (broad SMARTS) is 1. The number of benzene rings is 1. The number of carboxylic acids is 1. The van der Waals surface area contributed by atoms with Crippen LogP contribution in [0, 0.1) is 0 Å². The van der Waals surface area contributed by atoms with E-state index in [-0.39, 0.29) is 0 Å². The Labute approximate surface area is 155 Å². The molecule has 0 bridgehead atoms. The molecule has 0 aliphatic carbocycles. The summed E-state index contributed by atoms with van der Waals surface area (Å²) >= 11 is 0. The van der Waals surface area contributed by atoms with Gasteiger partial charge in [0.05, 0.1) is 16.6 Å². The van der Waals surface area contributed by atoms with Gasteiger partial charge in [-0.25, -0.2) is 4.79 Å². The first-order chi connectivity index (χ1) is 12.7. The van der Waals surface area contributed by atoms with Crippen molar-refractivity contribution >= 4 is 34.3 Å². The molecule has 2 unspecified atom stereocenters. The molecular weight excluding hydrogens is 382 g/mol. The topological polar surface area (TPSA) is 95.0 Å². The number of amides is 2. The lowest BCUT2D eigenvalue weighted by atomic mass is 10.00. The second-order valence-electron chi connectivity index (χ2n) is 5.91. The molecule has 2 amide bonds. The molecule has 27 heavy (non-hydrogen) atoms. The lowest BCUT2D eigenvalue weighted by molar-refractivity contribution is -0.149. The Morgan fingerprint density at radius 2 is 1.93 bits per heavy atom. The van der Waals surface area contributed by atoms with E-state index in [2.05, 4.69) is 0 Å². The standard InChI is InChI=1S/C17H14F2N2O5S/c1-9(22)20(11-5-3-2-4-6-11)14-15(23)21-13(17(24)25)10(7-12(18)19)8-27(26)16(14)21/h2-7,14,16H,8H2,1H3,(H,24,25)/t14?,16-,27?/m0/s1. The Hall–Kier alpha value is -2.88. The van der Waals surface area contributed by atoms with Crippen LogP contribution in [0.1, 0.15) is 6.92 Å². The van der Waals surface area contributed by atoms with Crippen molar-refractivity contribution in [2.75, 3.05) is 10.7 Å². The summed E-state index contributed by atoms with van der Waals surface area (Å²) in [6, 6.07) is 7.03. The summed E-state index contributed by atoms with van der Waals surface area (Å²) < 4.78 is 37.9. The molecule has 1 fully saturated rings. The van der Waals surface area contributed by atoms with Crippen LogP contribution in [-0.2, 0) is 25.2 Å². The first-order valence-corrected chi connectivity index (χ1v) is 9.16. The molecule has 1 aromatic rings. The lowest BCUT2D eigenvalue weighted by Gasteiger charge is -2.52. The van der Waals surface area contributed by atoms with Crippen LogP contribution >= 0.6 is 0 Å². The van der Waals surface area contributed by atoms with Gasteiger partial charge >= 0.3 is 5.97 Å². The van der Waals surface area contributed by atoms with Gasteiger partial charge in [0.1, 0.15) is 17.1 Å². The fraction of sp³-hybridized carbons (Fsp3) is 0.235. The first-order valence-electron chi connectivity index (χ1n) is 7.78. The maximum absolute atomic E-state index is 12.7. The average Bonchev–Trinajstić information content (AvgIpc) is 2.59. The molecule has 1 aromatic carbocycles. The van der Waals surface area contributed by atoms with Crippen LogP contribution in [0.25, 0.3) is 0 Å². The van der Waals surface area contributed by atoms with Crippen molar-refractivity contribution < 1.29 is 32.5 Å². The lowest BCUT2D eigenvalue weighted by Crippen LogP contribution is -2.74. The van der Waals surface area contributed by atoms with Crippen molar-refractivity contribution in [2.24, 2.45) is 0 Å². The molecule has 3 atom stereocenters. The number of fused-ring (bicyclic) bond motifs is 1. The SMILES string of the molecule is CC(=O)N(c1ccccc1)C1C(=O)N2C(C(=O)O)=C(C=C(F)F)CS(=O)[C@@H]12. The number of hydrogen-bond donors (Lipinski definition) is 1. The van der Waals surface area contributed by atoms with Crippen LogP contribution in [-0.4, -0.2) is 49.2 Å². The highest BCUT2D eigenvalue weighted by atomic mass is 32.2. The zero-order chi connectivity index (χ0) is 19.9. The van der Waals surface area contributed by atoms with Crippen molar-refractivity contribution in [1.29, 1.82) is 0 Å². The molecule has 0 saturated carbocycles. The molecule has 3 rings (SSSR count). The fourth-order valence-electron chi connectivity index (χ4n) is 3.26. The first kappa shape index (κ1) is 18.9. The monoisotopic (exact) mass is 396 g/mol. The van der Waals surface area contributed by atoms with Crippen LogP contribution < -0.4 is 4.90 Å². The highest BCUT2D eigenvalue weighted by Crippen LogP contribution is 2.39. The minimum atomic E-state index is -2.15. The average molecular weight is 396 g/mol. The van der Waals surface area contributed by atoms with Crippen molar-refractivity contribution in [2.45, 2.75) is 18.3 Å². The third-order valence-electron chi connectivity index (χ3n) is 4.26. The molecule has 0 aromatic heterocycles. The number of carbonyl (C=O) groups is 3. The normalized spacial score (nSPS) is 24.0. The Balaban J connectivity index is 2.06.